The van der Waals surface area contributed by atoms with Gasteiger partial charge in [-0.3, -0.25) is 9.69 Å². The molecule has 2 aliphatic carbocycles. The average molecular weight is 485 g/mol. The topological polar surface area (TPSA) is 50.2 Å². The van der Waals surface area contributed by atoms with Crippen LogP contribution in [0.5, 0.6) is 0 Å². The highest BCUT2D eigenvalue weighted by molar-refractivity contribution is 5.99. The molecule has 2 saturated carbocycles. The predicted molar refractivity (Wildman–Crippen MR) is 144 cm³/mol. The number of carbonyl (C=O) groups excluding carboxylic acids is 1. The molecule has 2 aromatic rings. The Labute approximate surface area is 215 Å². The molecule has 0 spiro atoms. The van der Waals surface area contributed by atoms with E-state index in [1.807, 2.05) is 0 Å². The molecule has 0 radical (unpaired) electrons. The number of amides is 1. The van der Waals surface area contributed by atoms with Crippen molar-refractivity contribution in [1.82, 2.24) is 19.8 Å². The first-order valence-electron chi connectivity index (χ1n) is 14.6. The maximum atomic E-state index is 12.4. The monoisotopic (exact) mass is 484 g/mol. The second kappa shape index (κ2) is 9.16. The number of benzene rings is 1. The molecule has 2 unspecified atom stereocenters. The van der Waals surface area contributed by atoms with E-state index in [2.05, 4.69) is 45.6 Å². The molecule has 2 saturated heterocycles. The van der Waals surface area contributed by atoms with Crippen molar-refractivity contribution in [3.05, 3.63) is 48.4 Å². The Morgan fingerprint density at radius 2 is 1.56 bits per heavy atom. The van der Waals surface area contributed by atoms with Crippen LogP contribution in [-0.2, 0) is 4.79 Å². The largest absolute Gasteiger partial charge is 0.326 e. The van der Waals surface area contributed by atoms with Gasteiger partial charge in [-0.15, -0.1) is 0 Å². The third kappa shape index (κ3) is 4.04. The molecular weight excluding hydrogens is 444 g/mol. The summed E-state index contributed by atoms with van der Waals surface area (Å²) in [7, 11) is 0. The van der Waals surface area contributed by atoms with Crippen molar-refractivity contribution >= 4 is 22.5 Å². The van der Waals surface area contributed by atoms with Crippen LogP contribution in [-0.4, -0.2) is 38.5 Å². The van der Waals surface area contributed by atoms with Crippen LogP contribution in [0.3, 0.4) is 0 Å². The van der Waals surface area contributed by atoms with Crippen molar-refractivity contribution in [3.63, 3.8) is 0 Å². The van der Waals surface area contributed by atoms with Crippen molar-refractivity contribution in [2.75, 3.05) is 0 Å². The SMILES string of the molecule is C=C1CC(c2nc3ccccc3n2C2C[C@H]3CCC[C@@H](C2)N3C2C[C@H]3CCCC[C@@H](C2)C3)=CC(=O)N1. The molecule has 4 fully saturated rings. The Morgan fingerprint density at radius 1 is 0.833 bits per heavy atom. The molecule has 6 atom stereocenters. The van der Waals surface area contributed by atoms with E-state index in [-0.39, 0.29) is 5.91 Å². The Balaban J connectivity index is 1.22. The van der Waals surface area contributed by atoms with E-state index in [1.165, 1.54) is 82.6 Å². The second-order valence-corrected chi connectivity index (χ2v) is 12.4. The lowest BCUT2D eigenvalue weighted by Crippen LogP contribution is -2.58. The number of aromatic nitrogens is 2. The molecule has 5 heteroatoms. The zero-order valence-electron chi connectivity index (χ0n) is 21.5. The number of nitrogens with one attached hydrogen (secondary N) is 1. The fraction of sp³-hybridized carbons (Fsp3) is 0.613. The first-order chi connectivity index (χ1) is 17.6. The van der Waals surface area contributed by atoms with E-state index in [9.17, 15) is 4.79 Å². The van der Waals surface area contributed by atoms with E-state index in [0.29, 0.717) is 24.5 Å². The first-order valence-corrected chi connectivity index (χ1v) is 14.6. The minimum atomic E-state index is -0.0784. The van der Waals surface area contributed by atoms with E-state index >= 15 is 0 Å². The molecule has 5 aliphatic rings. The molecule has 190 valence electrons. The lowest BCUT2D eigenvalue weighted by atomic mass is 9.73. The number of hydrogen-bond acceptors (Lipinski definition) is 3. The maximum Gasteiger partial charge on any atom is 0.248 e. The Morgan fingerprint density at radius 3 is 2.28 bits per heavy atom. The van der Waals surface area contributed by atoms with Gasteiger partial charge in [0.1, 0.15) is 5.82 Å². The highest BCUT2D eigenvalue weighted by Gasteiger charge is 2.45. The second-order valence-electron chi connectivity index (χ2n) is 12.4. The Hall–Kier alpha value is -2.40. The molecule has 5 nitrogen and oxygen atoms in total. The van der Waals surface area contributed by atoms with Crippen LogP contribution >= 0.6 is 0 Å². The molecule has 4 bridgehead atoms. The Bertz CT molecular complexity index is 1180. The number of carbonyl (C=O) groups is 1. The lowest BCUT2D eigenvalue weighted by Gasteiger charge is -2.54. The third-order valence-electron chi connectivity index (χ3n) is 10.0. The van der Waals surface area contributed by atoms with Gasteiger partial charge in [0.2, 0.25) is 5.91 Å². The summed E-state index contributed by atoms with van der Waals surface area (Å²) >= 11 is 0. The minimum absolute atomic E-state index is 0.0784. The number of nitrogens with zero attached hydrogens (tertiary/aromatic N) is 3. The standard InChI is InChI=1S/C31H40N4O/c1-20-13-23(17-30(36)32-20)31-33-28-11-4-5-12-29(28)35(31)27-18-24-9-6-10-25(19-27)34(24)26-15-21-7-2-3-8-22(14-21)16-26/h4-5,11-12,17,21-22,24-27H,1-3,6-10,13-16,18-19H2,(H,32,36)/t21-,22+,24-,25+,26?,27?. The van der Waals surface area contributed by atoms with Gasteiger partial charge in [-0.1, -0.05) is 50.8 Å². The van der Waals surface area contributed by atoms with E-state index < -0.39 is 0 Å². The molecule has 1 aromatic carbocycles. The minimum Gasteiger partial charge on any atom is -0.326 e. The molecule has 36 heavy (non-hydrogen) atoms. The van der Waals surface area contributed by atoms with Gasteiger partial charge in [-0.25, -0.2) is 4.98 Å². The lowest BCUT2D eigenvalue weighted by molar-refractivity contribution is -0.116. The molecule has 4 heterocycles. The van der Waals surface area contributed by atoms with Gasteiger partial charge in [-0.2, -0.15) is 0 Å². The zero-order valence-corrected chi connectivity index (χ0v) is 21.5. The molecule has 3 aliphatic heterocycles. The summed E-state index contributed by atoms with van der Waals surface area (Å²) in [5.74, 6) is 2.84. The van der Waals surface area contributed by atoms with Crippen LogP contribution in [0.15, 0.2) is 42.6 Å². The molecule has 1 amide bonds. The average Bonchev–Trinajstić information content (AvgIpc) is 3.16. The third-order valence-corrected chi connectivity index (χ3v) is 10.0. The Kier molecular flexibility index (Phi) is 5.80. The fourth-order valence-corrected chi connectivity index (χ4v) is 8.78. The number of piperidine rings is 2. The van der Waals surface area contributed by atoms with Crippen molar-refractivity contribution in [1.29, 1.82) is 0 Å². The quantitative estimate of drug-likeness (QED) is 0.551. The van der Waals surface area contributed by atoms with Gasteiger partial charge < -0.3 is 9.88 Å². The highest BCUT2D eigenvalue weighted by Crippen LogP contribution is 2.48. The van der Waals surface area contributed by atoms with E-state index in [0.717, 1.165) is 40.5 Å². The first kappa shape index (κ1) is 22.8. The number of rotatable bonds is 3. The molecule has 1 aromatic heterocycles. The van der Waals surface area contributed by atoms with Crippen LogP contribution in [0.4, 0.5) is 0 Å². The van der Waals surface area contributed by atoms with Gasteiger partial charge in [0.05, 0.1) is 11.0 Å². The maximum absolute atomic E-state index is 12.4. The summed E-state index contributed by atoms with van der Waals surface area (Å²) in [5, 5.41) is 2.85. The van der Waals surface area contributed by atoms with Crippen molar-refractivity contribution in [2.24, 2.45) is 11.8 Å². The van der Waals surface area contributed by atoms with Crippen molar-refractivity contribution in [2.45, 2.75) is 108 Å². The van der Waals surface area contributed by atoms with Crippen LogP contribution in [0, 0.1) is 11.8 Å². The summed E-state index contributed by atoms with van der Waals surface area (Å²) in [6.45, 7) is 4.06. The van der Waals surface area contributed by atoms with E-state index in [4.69, 9.17) is 4.98 Å². The highest BCUT2D eigenvalue weighted by atomic mass is 16.1. The van der Waals surface area contributed by atoms with Gasteiger partial charge in [-0.05, 0) is 68.9 Å². The van der Waals surface area contributed by atoms with Gasteiger partial charge in [0.25, 0.3) is 0 Å². The van der Waals surface area contributed by atoms with Crippen molar-refractivity contribution < 1.29 is 4.79 Å². The summed E-state index contributed by atoms with van der Waals surface area (Å²) < 4.78 is 2.51. The number of allylic oxidation sites excluding steroid dienone is 1. The zero-order chi connectivity index (χ0) is 24.2. The number of imidazole rings is 1. The summed E-state index contributed by atoms with van der Waals surface area (Å²) in [6.07, 6.45) is 19.1. The van der Waals surface area contributed by atoms with Crippen LogP contribution in [0.2, 0.25) is 0 Å². The molecule has 7 rings (SSSR count). The molecule has 1 N–H and O–H groups in total. The smallest absolute Gasteiger partial charge is 0.248 e. The predicted octanol–water partition coefficient (Wildman–Crippen LogP) is 6.37. The van der Waals surface area contributed by atoms with Crippen LogP contribution in [0.25, 0.3) is 16.6 Å². The normalized spacial score (nSPS) is 35.3. The van der Waals surface area contributed by atoms with Gasteiger partial charge in [0, 0.05) is 47.9 Å². The van der Waals surface area contributed by atoms with Crippen LogP contribution < -0.4 is 5.32 Å². The summed E-state index contributed by atoms with van der Waals surface area (Å²) in [6, 6.07) is 11.1. The fourth-order valence-electron chi connectivity index (χ4n) is 8.78. The molecular formula is C31H40N4O. The summed E-state index contributed by atoms with van der Waals surface area (Å²) in [4.78, 5) is 20.5. The van der Waals surface area contributed by atoms with Gasteiger partial charge >= 0.3 is 0 Å². The van der Waals surface area contributed by atoms with Crippen LogP contribution in [0.1, 0.15) is 95.3 Å². The van der Waals surface area contributed by atoms with Crippen molar-refractivity contribution in [3.8, 4) is 0 Å². The summed E-state index contributed by atoms with van der Waals surface area (Å²) in [5.41, 5.74) is 4.02. The number of hydrogen-bond donors (Lipinski definition) is 1. The van der Waals surface area contributed by atoms with Gasteiger partial charge in [0.15, 0.2) is 0 Å². The number of para-hydroxylation sites is 2. The number of fused-ring (bicyclic) bond motifs is 5. The van der Waals surface area contributed by atoms with E-state index in [1.54, 1.807) is 6.08 Å².